The first kappa shape index (κ1) is 23.9. The fourth-order valence-electron chi connectivity index (χ4n) is 4.30. The summed E-state index contributed by atoms with van der Waals surface area (Å²) in [7, 11) is 3.10. The predicted octanol–water partition coefficient (Wildman–Crippen LogP) is 1.90. The summed E-state index contributed by atoms with van der Waals surface area (Å²) in [5.74, 6) is 0.565. The third-order valence-corrected chi connectivity index (χ3v) is 5.80. The van der Waals surface area contributed by atoms with Gasteiger partial charge in [0.25, 0.3) is 0 Å². The van der Waals surface area contributed by atoms with Crippen molar-refractivity contribution in [1.29, 1.82) is 0 Å². The maximum atomic E-state index is 13.3. The molecule has 9 heteroatoms. The highest BCUT2D eigenvalue weighted by molar-refractivity contribution is 5.95. The highest BCUT2D eigenvalue weighted by Crippen LogP contribution is 2.40. The fourth-order valence-corrected chi connectivity index (χ4v) is 4.30. The Morgan fingerprint density at radius 2 is 1.97 bits per heavy atom. The lowest BCUT2D eigenvalue weighted by atomic mass is 9.93. The van der Waals surface area contributed by atoms with Crippen LogP contribution < -0.4 is 20.1 Å². The van der Waals surface area contributed by atoms with Crippen molar-refractivity contribution >= 4 is 12.0 Å². The van der Waals surface area contributed by atoms with Crippen molar-refractivity contribution in [2.45, 2.75) is 26.3 Å². The Morgan fingerprint density at radius 3 is 2.66 bits per heavy atom. The van der Waals surface area contributed by atoms with Crippen LogP contribution in [-0.2, 0) is 9.53 Å². The Labute approximate surface area is 189 Å². The summed E-state index contributed by atoms with van der Waals surface area (Å²) >= 11 is 0. The standard InChI is InChI=1S/C23H34N4O5/c1-5-27-17(15-26-13-8-11-24-12-14-26)19(22(28)32-6-2)20(25-23(27)29)16-9-7-10-18(30-3)21(16)31-4/h7,9-10,20,24H,5-6,8,11-15H2,1-4H3,(H,25,29). The summed E-state index contributed by atoms with van der Waals surface area (Å²) in [6.45, 7) is 8.40. The van der Waals surface area contributed by atoms with Crippen LogP contribution in [0.15, 0.2) is 29.5 Å². The van der Waals surface area contributed by atoms with Gasteiger partial charge in [0.05, 0.1) is 32.4 Å². The summed E-state index contributed by atoms with van der Waals surface area (Å²) in [5.41, 5.74) is 1.75. The molecule has 1 fully saturated rings. The monoisotopic (exact) mass is 446 g/mol. The van der Waals surface area contributed by atoms with Crippen LogP contribution in [-0.4, -0.2) is 81.9 Å². The first-order valence-electron chi connectivity index (χ1n) is 11.2. The van der Waals surface area contributed by atoms with E-state index in [1.807, 2.05) is 19.1 Å². The first-order valence-corrected chi connectivity index (χ1v) is 11.2. The number of carbonyl (C=O) groups is 2. The fraction of sp³-hybridized carbons (Fsp3) is 0.565. The van der Waals surface area contributed by atoms with Crippen molar-refractivity contribution in [3.8, 4) is 11.5 Å². The zero-order valence-corrected chi connectivity index (χ0v) is 19.4. The molecular formula is C23H34N4O5. The number of benzene rings is 1. The molecule has 2 aliphatic rings. The highest BCUT2D eigenvalue weighted by atomic mass is 16.5. The van der Waals surface area contributed by atoms with Crippen molar-refractivity contribution in [1.82, 2.24) is 20.4 Å². The number of ether oxygens (including phenoxy) is 3. The van der Waals surface area contributed by atoms with E-state index >= 15 is 0 Å². The number of nitrogens with zero attached hydrogens (tertiary/aromatic N) is 2. The molecule has 0 bridgehead atoms. The van der Waals surface area contributed by atoms with Crippen LogP contribution in [0.5, 0.6) is 11.5 Å². The van der Waals surface area contributed by atoms with Crippen LogP contribution >= 0.6 is 0 Å². The number of para-hydroxylation sites is 1. The minimum Gasteiger partial charge on any atom is -0.493 e. The van der Waals surface area contributed by atoms with Crippen LogP contribution in [0, 0.1) is 0 Å². The summed E-state index contributed by atoms with van der Waals surface area (Å²) < 4.78 is 16.5. The van der Waals surface area contributed by atoms with Crippen LogP contribution in [0.2, 0.25) is 0 Å². The molecule has 1 atom stereocenters. The van der Waals surface area contributed by atoms with Gasteiger partial charge in [0, 0.05) is 37.4 Å². The number of urea groups is 1. The number of likely N-dealkylation sites (N-methyl/N-ethyl adjacent to an activating group) is 1. The zero-order valence-electron chi connectivity index (χ0n) is 19.4. The second-order valence-corrected chi connectivity index (χ2v) is 7.67. The Balaban J connectivity index is 2.15. The Bertz CT molecular complexity index is 849. The van der Waals surface area contributed by atoms with Crippen LogP contribution in [0.4, 0.5) is 4.79 Å². The molecule has 0 spiro atoms. The van der Waals surface area contributed by atoms with E-state index in [1.54, 1.807) is 32.1 Å². The number of hydrogen-bond donors (Lipinski definition) is 2. The molecule has 1 aromatic rings. The van der Waals surface area contributed by atoms with Gasteiger partial charge in [-0.1, -0.05) is 12.1 Å². The van der Waals surface area contributed by atoms with Gasteiger partial charge in [0.1, 0.15) is 0 Å². The smallest absolute Gasteiger partial charge is 0.338 e. The van der Waals surface area contributed by atoms with Gasteiger partial charge in [0.15, 0.2) is 11.5 Å². The summed E-state index contributed by atoms with van der Waals surface area (Å²) in [5, 5.41) is 6.38. The van der Waals surface area contributed by atoms with Gasteiger partial charge in [-0.3, -0.25) is 9.80 Å². The molecule has 1 aromatic carbocycles. The maximum Gasteiger partial charge on any atom is 0.338 e. The van der Waals surface area contributed by atoms with Gasteiger partial charge in [-0.25, -0.2) is 9.59 Å². The molecule has 2 N–H and O–H groups in total. The van der Waals surface area contributed by atoms with E-state index in [4.69, 9.17) is 14.2 Å². The minimum absolute atomic E-state index is 0.241. The minimum atomic E-state index is -0.713. The molecule has 0 saturated carbocycles. The quantitative estimate of drug-likeness (QED) is 0.589. The van der Waals surface area contributed by atoms with Gasteiger partial charge in [-0.15, -0.1) is 0 Å². The third kappa shape index (κ3) is 4.99. The molecule has 1 unspecified atom stereocenters. The molecular weight excluding hydrogens is 412 g/mol. The van der Waals surface area contributed by atoms with E-state index in [1.165, 1.54) is 0 Å². The number of hydrogen-bond acceptors (Lipinski definition) is 7. The molecule has 176 valence electrons. The second-order valence-electron chi connectivity index (χ2n) is 7.67. The molecule has 2 heterocycles. The van der Waals surface area contributed by atoms with Crippen LogP contribution in [0.25, 0.3) is 0 Å². The lowest BCUT2D eigenvalue weighted by molar-refractivity contribution is -0.139. The normalized spacial score (nSPS) is 19.9. The van der Waals surface area contributed by atoms with E-state index in [-0.39, 0.29) is 12.6 Å². The Kier molecular flexibility index (Phi) is 8.35. The lowest BCUT2D eigenvalue weighted by Crippen LogP contribution is -2.51. The maximum absolute atomic E-state index is 13.3. The van der Waals surface area contributed by atoms with E-state index < -0.39 is 12.0 Å². The number of esters is 1. The molecule has 0 aliphatic carbocycles. The average Bonchev–Trinajstić information content (AvgIpc) is 3.07. The topological polar surface area (TPSA) is 92.4 Å². The van der Waals surface area contributed by atoms with Crippen LogP contribution in [0.3, 0.4) is 0 Å². The van der Waals surface area contributed by atoms with Gasteiger partial charge >= 0.3 is 12.0 Å². The molecule has 9 nitrogen and oxygen atoms in total. The molecule has 1 saturated heterocycles. The number of rotatable bonds is 8. The summed E-state index contributed by atoms with van der Waals surface area (Å²) in [6, 6.07) is 4.47. The van der Waals surface area contributed by atoms with E-state index in [0.717, 1.165) is 32.6 Å². The van der Waals surface area contributed by atoms with Gasteiger partial charge in [-0.2, -0.15) is 0 Å². The van der Waals surface area contributed by atoms with Crippen molar-refractivity contribution in [2.24, 2.45) is 0 Å². The summed E-state index contributed by atoms with van der Waals surface area (Å²) in [4.78, 5) is 30.3. The highest BCUT2D eigenvalue weighted by Gasteiger charge is 2.39. The predicted molar refractivity (Wildman–Crippen MR) is 121 cm³/mol. The SMILES string of the molecule is CCOC(=O)C1=C(CN2CCCNCC2)N(CC)C(=O)NC1c1cccc(OC)c1OC. The molecule has 2 amide bonds. The number of methoxy groups -OCH3 is 2. The third-order valence-electron chi connectivity index (χ3n) is 5.80. The van der Waals surface area contributed by atoms with E-state index in [2.05, 4.69) is 15.5 Å². The summed E-state index contributed by atoms with van der Waals surface area (Å²) in [6.07, 6.45) is 1.01. The van der Waals surface area contributed by atoms with Crippen molar-refractivity contribution < 1.29 is 23.8 Å². The number of amides is 2. The molecule has 32 heavy (non-hydrogen) atoms. The Morgan fingerprint density at radius 1 is 1.16 bits per heavy atom. The van der Waals surface area contributed by atoms with Gasteiger partial charge in [0.2, 0.25) is 0 Å². The average molecular weight is 447 g/mol. The molecule has 0 aromatic heterocycles. The van der Waals surface area contributed by atoms with Crippen LogP contribution in [0.1, 0.15) is 31.9 Å². The molecule has 0 radical (unpaired) electrons. The van der Waals surface area contributed by atoms with Crippen molar-refractivity contribution in [2.75, 3.05) is 60.1 Å². The Hall–Kier alpha value is -2.78. The largest absolute Gasteiger partial charge is 0.493 e. The molecule has 2 aliphatic heterocycles. The number of nitrogens with one attached hydrogen (secondary N) is 2. The van der Waals surface area contributed by atoms with E-state index in [0.29, 0.717) is 41.4 Å². The second kappa shape index (κ2) is 11.2. The first-order chi connectivity index (χ1) is 15.5. The van der Waals surface area contributed by atoms with Gasteiger partial charge < -0.3 is 24.8 Å². The van der Waals surface area contributed by atoms with Crippen molar-refractivity contribution in [3.63, 3.8) is 0 Å². The molecule has 3 rings (SSSR count). The van der Waals surface area contributed by atoms with E-state index in [9.17, 15) is 9.59 Å². The van der Waals surface area contributed by atoms with Gasteiger partial charge in [-0.05, 0) is 39.4 Å². The lowest BCUT2D eigenvalue weighted by Gasteiger charge is -2.38. The van der Waals surface area contributed by atoms with Crippen molar-refractivity contribution in [3.05, 3.63) is 35.0 Å². The zero-order chi connectivity index (χ0) is 23.1. The number of carbonyl (C=O) groups excluding carboxylic acids is 2.